The first kappa shape index (κ1) is 15.5. The Hall–Kier alpha value is -0.580. The molecule has 1 unspecified atom stereocenters. The summed E-state index contributed by atoms with van der Waals surface area (Å²) in [5.41, 5.74) is 7.25. The normalized spacial score (nSPS) is 13.0. The van der Waals surface area contributed by atoms with Crippen molar-refractivity contribution in [2.75, 3.05) is 19.1 Å². The molecule has 2 nitrogen and oxygen atoms in total. The van der Waals surface area contributed by atoms with Crippen LogP contribution in [-0.2, 0) is 13.1 Å². The summed E-state index contributed by atoms with van der Waals surface area (Å²) >= 11 is 1.86. The van der Waals surface area contributed by atoms with Gasteiger partial charge in [0.1, 0.15) is 5.82 Å². The molecule has 4 heteroatoms. The van der Waals surface area contributed by atoms with Crippen LogP contribution in [-0.4, -0.2) is 30.0 Å². The third kappa shape index (κ3) is 4.26. The van der Waals surface area contributed by atoms with Crippen molar-refractivity contribution >= 4 is 11.8 Å². The van der Waals surface area contributed by atoms with Gasteiger partial charge in [-0.2, -0.15) is 11.8 Å². The summed E-state index contributed by atoms with van der Waals surface area (Å²) in [4.78, 5) is 2.32. The largest absolute Gasteiger partial charge is 0.326 e. The molecule has 0 radical (unpaired) electrons. The van der Waals surface area contributed by atoms with Crippen LogP contribution in [0.2, 0.25) is 0 Å². The van der Waals surface area contributed by atoms with Crippen LogP contribution >= 0.6 is 11.8 Å². The van der Waals surface area contributed by atoms with Gasteiger partial charge in [-0.1, -0.05) is 19.1 Å². The quantitative estimate of drug-likeness (QED) is 0.826. The van der Waals surface area contributed by atoms with E-state index in [-0.39, 0.29) is 12.4 Å². The summed E-state index contributed by atoms with van der Waals surface area (Å²) in [5, 5.41) is 0. The number of nitrogens with two attached hydrogens (primary N) is 1. The summed E-state index contributed by atoms with van der Waals surface area (Å²) in [7, 11) is 2.12. The van der Waals surface area contributed by atoms with E-state index < -0.39 is 0 Å². The average molecular weight is 270 g/mol. The second-order valence-corrected chi connectivity index (χ2v) is 5.47. The Labute approximate surface area is 114 Å². The molecule has 2 N–H and O–H groups in total. The van der Waals surface area contributed by atoms with Gasteiger partial charge in [0.2, 0.25) is 0 Å². The number of hydrogen-bond donors (Lipinski definition) is 1. The first-order valence-electron chi connectivity index (χ1n) is 6.28. The van der Waals surface area contributed by atoms with E-state index in [1.807, 2.05) is 23.9 Å². The van der Waals surface area contributed by atoms with Crippen LogP contribution in [0.3, 0.4) is 0 Å². The van der Waals surface area contributed by atoms with Crippen molar-refractivity contribution in [1.29, 1.82) is 0 Å². The van der Waals surface area contributed by atoms with E-state index in [1.54, 1.807) is 0 Å². The number of hydrogen-bond acceptors (Lipinski definition) is 3. The Morgan fingerprint density at radius 3 is 2.72 bits per heavy atom. The zero-order valence-electron chi connectivity index (χ0n) is 11.4. The minimum Gasteiger partial charge on any atom is -0.326 e. The van der Waals surface area contributed by atoms with Crippen molar-refractivity contribution in [3.05, 3.63) is 35.1 Å². The molecule has 102 valence electrons. The fraction of sp³-hybridized carbons (Fsp3) is 0.571. The minimum atomic E-state index is -0.208. The lowest BCUT2D eigenvalue weighted by atomic mass is 10.1. The smallest absolute Gasteiger partial charge is 0.127 e. The third-order valence-corrected chi connectivity index (χ3v) is 3.93. The van der Waals surface area contributed by atoms with E-state index in [0.717, 1.165) is 24.3 Å². The van der Waals surface area contributed by atoms with Gasteiger partial charge >= 0.3 is 0 Å². The van der Waals surface area contributed by atoms with Crippen molar-refractivity contribution in [2.24, 2.45) is 5.73 Å². The van der Waals surface area contributed by atoms with Gasteiger partial charge in [-0.15, -0.1) is 0 Å². The number of nitrogens with zero attached hydrogens (tertiary/aromatic N) is 1. The van der Waals surface area contributed by atoms with Crippen LogP contribution in [0.5, 0.6) is 0 Å². The van der Waals surface area contributed by atoms with Crippen LogP contribution in [0.15, 0.2) is 18.2 Å². The van der Waals surface area contributed by atoms with Gasteiger partial charge in [-0.3, -0.25) is 4.90 Å². The van der Waals surface area contributed by atoms with Crippen molar-refractivity contribution in [2.45, 2.75) is 32.5 Å². The fourth-order valence-corrected chi connectivity index (χ4v) is 2.92. The van der Waals surface area contributed by atoms with Crippen LogP contribution in [0.25, 0.3) is 0 Å². The van der Waals surface area contributed by atoms with Crippen LogP contribution in [0.4, 0.5) is 4.39 Å². The maximum atomic E-state index is 13.4. The SMILES string of the molecule is CCC(CSC)N(C)Cc1ccc(F)c(CN)c1. The standard InChI is InChI=1S/C14H23FN2S/c1-4-13(10-18-3)17(2)9-11-5-6-14(15)12(7-11)8-16/h5-7,13H,4,8-10,16H2,1-3H3. The molecule has 1 aromatic rings. The molecule has 0 saturated heterocycles. The summed E-state index contributed by atoms with van der Waals surface area (Å²) < 4.78 is 13.4. The highest BCUT2D eigenvalue weighted by Gasteiger charge is 2.13. The maximum absolute atomic E-state index is 13.4. The first-order chi connectivity index (χ1) is 8.62. The zero-order valence-corrected chi connectivity index (χ0v) is 12.3. The van der Waals surface area contributed by atoms with Crippen LogP contribution in [0.1, 0.15) is 24.5 Å². The fourth-order valence-electron chi connectivity index (χ4n) is 2.05. The number of halogens is 1. The molecule has 0 aliphatic heterocycles. The molecule has 1 rings (SSSR count). The van der Waals surface area contributed by atoms with E-state index in [1.165, 1.54) is 6.07 Å². The summed E-state index contributed by atoms with van der Waals surface area (Å²) in [6.07, 6.45) is 3.25. The summed E-state index contributed by atoms with van der Waals surface area (Å²) in [6.45, 7) is 3.30. The van der Waals surface area contributed by atoms with Crippen molar-refractivity contribution in [3.63, 3.8) is 0 Å². The van der Waals surface area contributed by atoms with E-state index in [4.69, 9.17) is 5.73 Å². The predicted octanol–water partition coefficient (Wildman–Crippen LogP) is 2.86. The molecule has 0 aliphatic carbocycles. The predicted molar refractivity (Wildman–Crippen MR) is 78.2 cm³/mol. The van der Waals surface area contributed by atoms with E-state index in [2.05, 4.69) is 25.1 Å². The molecule has 0 aromatic heterocycles. The molecule has 0 bridgehead atoms. The number of thioether (sulfide) groups is 1. The molecule has 0 saturated carbocycles. The first-order valence-corrected chi connectivity index (χ1v) is 7.68. The van der Waals surface area contributed by atoms with Crippen LogP contribution in [0, 0.1) is 5.82 Å². The molecular weight excluding hydrogens is 247 g/mol. The van der Waals surface area contributed by atoms with E-state index in [0.29, 0.717) is 11.6 Å². The Morgan fingerprint density at radius 1 is 1.44 bits per heavy atom. The second kappa shape index (κ2) is 7.77. The third-order valence-electron chi connectivity index (χ3n) is 3.22. The van der Waals surface area contributed by atoms with E-state index in [9.17, 15) is 4.39 Å². The summed E-state index contributed by atoms with van der Waals surface area (Å²) in [5.74, 6) is 0.915. The van der Waals surface area contributed by atoms with Gasteiger partial charge < -0.3 is 5.73 Å². The lowest BCUT2D eigenvalue weighted by Crippen LogP contribution is -2.32. The molecule has 0 aliphatic rings. The molecule has 18 heavy (non-hydrogen) atoms. The van der Waals surface area contributed by atoms with Gasteiger partial charge in [0.15, 0.2) is 0 Å². The Balaban J connectivity index is 2.71. The Kier molecular flexibility index (Phi) is 6.68. The molecule has 0 heterocycles. The highest BCUT2D eigenvalue weighted by molar-refractivity contribution is 7.98. The Morgan fingerprint density at radius 2 is 2.17 bits per heavy atom. The zero-order chi connectivity index (χ0) is 13.5. The topological polar surface area (TPSA) is 29.3 Å². The van der Waals surface area contributed by atoms with Crippen molar-refractivity contribution in [1.82, 2.24) is 4.90 Å². The monoisotopic (exact) mass is 270 g/mol. The van der Waals surface area contributed by atoms with Crippen LogP contribution < -0.4 is 5.73 Å². The lowest BCUT2D eigenvalue weighted by Gasteiger charge is -2.26. The molecule has 0 fully saturated rings. The highest BCUT2D eigenvalue weighted by Crippen LogP contribution is 2.15. The highest BCUT2D eigenvalue weighted by atomic mass is 32.2. The van der Waals surface area contributed by atoms with Gasteiger partial charge in [0.25, 0.3) is 0 Å². The van der Waals surface area contributed by atoms with E-state index >= 15 is 0 Å². The molecule has 1 atom stereocenters. The van der Waals surface area contributed by atoms with Gasteiger partial charge in [-0.05, 0) is 31.4 Å². The van der Waals surface area contributed by atoms with Gasteiger partial charge in [0.05, 0.1) is 0 Å². The molecule has 1 aromatic carbocycles. The Bertz CT molecular complexity index is 371. The number of benzene rings is 1. The van der Waals surface area contributed by atoms with Crippen molar-refractivity contribution in [3.8, 4) is 0 Å². The number of rotatable bonds is 7. The summed E-state index contributed by atoms with van der Waals surface area (Å²) in [6, 6.07) is 5.79. The molecule has 0 amide bonds. The van der Waals surface area contributed by atoms with Gasteiger partial charge in [-0.25, -0.2) is 4.39 Å². The molecular formula is C14H23FN2S. The second-order valence-electron chi connectivity index (χ2n) is 4.56. The molecule has 0 spiro atoms. The maximum Gasteiger partial charge on any atom is 0.127 e. The average Bonchev–Trinajstić information content (AvgIpc) is 2.38. The van der Waals surface area contributed by atoms with Gasteiger partial charge in [0, 0.05) is 30.4 Å². The lowest BCUT2D eigenvalue weighted by molar-refractivity contribution is 0.248. The minimum absolute atomic E-state index is 0.208. The van der Waals surface area contributed by atoms with Crippen molar-refractivity contribution < 1.29 is 4.39 Å².